The normalized spacial score (nSPS) is 12.4. The fourth-order valence-corrected chi connectivity index (χ4v) is 2.92. The quantitative estimate of drug-likeness (QED) is 0.816. The number of rotatable bonds is 3. The first-order chi connectivity index (χ1) is 9.75. The Balaban J connectivity index is 2.74. The van der Waals surface area contributed by atoms with Crippen molar-refractivity contribution in [3.63, 3.8) is 0 Å². The molecule has 5 heteroatoms. The molecule has 4 nitrogen and oxygen atoms in total. The van der Waals surface area contributed by atoms with E-state index < -0.39 is 10.1 Å². The smallest absolute Gasteiger partial charge is 0.270 e. The van der Waals surface area contributed by atoms with Gasteiger partial charge in [0, 0.05) is 18.0 Å². The Bertz CT molecular complexity index is 732. The number of pyridine rings is 1. The zero-order chi connectivity index (χ0) is 15.7. The predicted octanol–water partition coefficient (Wildman–Crippen LogP) is 3.38. The van der Waals surface area contributed by atoms with Crippen molar-refractivity contribution in [2.45, 2.75) is 31.1 Å². The van der Waals surface area contributed by atoms with Crippen LogP contribution in [0.3, 0.4) is 0 Å². The second kappa shape index (κ2) is 5.58. The van der Waals surface area contributed by atoms with Crippen molar-refractivity contribution < 1.29 is 12.6 Å². The van der Waals surface area contributed by atoms with Crippen LogP contribution in [0.25, 0.3) is 11.1 Å². The number of hydrogen-bond acceptors (Lipinski definition) is 4. The fourth-order valence-electron chi connectivity index (χ4n) is 2.06. The van der Waals surface area contributed by atoms with Crippen molar-refractivity contribution in [1.82, 2.24) is 4.98 Å². The summed E-state index contributed by atoms with van der Waals surface area (Å²) in [5, 5.41) is 0. The largest absolute Gasteiger partial charge is 0.297 e. The van der Waals surface area contributed by atoms with Crippen molar-refractivity contribution in [2.75, 3.05) is 7.11 Å². The van der Waals surface area contributed by atoms with Crippen LogP contribution in [0.2, 0.25) is 0 Å². The van der Waals surface area contributed by atoms with Gasteiger partial charge < -0.3 is 0 Å². The molecule has 0 saturated heterocycles. The van der Waals surface area contributed by atoms with E-state index in [1.54, 1.807) is 30.6 Å². The molecular weight excluding hydrogens is 286 g/mol. The van der Waals surface area contributed by atoms with Crippen LogP contribution in [0, 0.1) is 0 Å². The molecule has 0 fully saturated rings. The molecule has 112 valence electrons. The van der Waals surface area contributed by atoms with E-state index in [0.717, 1.165) is 11.1 Å². The molecule has 21 heavy (non-hydrogen) atoms. The minimum atomic E-state index is -3.76. The third-order valence-electron chi connectivity index (χ3n) is 3.33. The minimum Gasteiger partial charge on any atom is -0.270 e. The van der Waals surface area contributed by atoms with Gasteiger partial charge in [0.2, 0.25) is 0 Å². The van der Waals surface area contributed by atoms with Gasteiger partial charge in [-0.1, -0.05) is 26.8 Å². The summed E-state index contributed by atoms with van der Waals surface area (Å²) in [7, 11) is -2.59. The molecule has 0 saturated carbocycles. The molecule has 1 heterocycles. The van der Waals surface area contributed by atoms with Gasteiger partial charge in [0.05, 0.1) is 7.11 Å². The van der Waals surface area contributed by atoms with Crippen molar-refractivity contribution in [3.05, 3.63) is 48.3 Å². The molecule has 2 rings (SSSR count). The Hall–Kier alpha value is -1.72. The van der Waals surface area contributed by atoms with Crippen LogP contribution in [-0.2, 0) is 19.7 Å². The van der Waals surface area contributed by atoms with Crippen LogP contribution >= 0.6 is 0 Å². The van der Waals surface area contributed by atoms with Gasteiger partial charge in [-0.15, -0.1) is 0 Å². The fraction of sp³-hybridized carbons (Fsp3) is 0.312. The molecule has 0 radical (unpaired) electrons. The second-order valence-electron chi connectivity index (χ2n) is 5.82. The van der Waals surface area contributed by atoms with Gasteiger partial charge in [-0.25, -0.2) is 0 Å². The van der Waals surface area contributed by atoms with Crippen molar-refractivity contribution >= 4 is 10.1 Å². The summed E-state index contributed by atoms with van der Waals surface area (Å²) >= 11 is 0. The number of benzene rings is 1. The van der Waals surface area contributed by atoms with Gasteiger partial charge in [-0.3, -0.25) is 9.17 Å². The van der Waals surface area contributed by atoms with Gasteiger partial charge in [0.25, 0.3) is 10.1 Å². The highest BCUT2D eigenvalue weighted by molar-refractivity contribution is 7.86. The topological polar surface area (TPSA) is 56.3 Å². The third-order valence-corrected chi connectivity index (χ3v) is 4.66. The first-order valence-electron chi connectivity index (χ1n) is 6.61. The molecule has 0 bridgehead atoms. The average molecular weight is 305 g/mol. The van der Waals surface area contributed by atoms with Gasteiger partial charge in [-0.05, 0) is 40.8 Å². The molecule has 0 N–H and O–H groups in total. The molecule has 1 aromatic heterocycles. The Morgan fingerprint density at radius 2 is 1.67 bits per heavy atom. The Morgan fingerprint density at radius 1 is 1.05 bits per heavy atom. The highest BCUT2D eigenvalue weighted by Crippen LogP contribution is 2.33. The molecule has 0 amide bonds. The SMILES string of the molecule is COS(=O)(=O)c1ccc(C(C)(C)C)cc1-c1ccncc1. The maximum absolute atomic E-state index is 12.1. The molecule has 1 aromatic carbocycles. The van der Waals surface area contributed by atoms with E-state index in [0.29, 0.717) is 5.56 Å². The molecule has 0 aliphatic carbocycles. The lowest BCUT2D eigenvalue weighted by atomic mass is 9.85. The lowest BCUT2D eigenvalue weighted by molar-refractivity contribution is 0.398. The predicted molar refractivity (Wildman–Crippen MR) is 82.6 cm³/mol. The first kappa shape index (κ1) is 15.7. The van der Waals surface area contributed by atoms with E-state index in [9.17, 15) is 8.42 Å². The summed E-state index contributed by atoms with van der Waals surface area (Å²) in [4.78, 5) is 4.14. The molecule has 0 unspecified atom stereocenters. The Labute approximate surface area is 125 Å². The maximum Gasteiger partial charge on any atom is 0.297 e. The van der Waals surface area contributed by atoms with E-state index in [4.69, 9.17) is 0 Å². The van der Waals surface area contributed by atoms with Crippen molar-refractivity contribution in [3.8, 4) is 11.1 Å². The van der Waals surface area contributed by atoms with Crippen LogP contribution < -0.4 is 0 Å². The number of hydrogen-bond donors (Lipinski definition) is 0. The number of nitrogens with zero attached hydrogens (tertiary/aromatic N) is 1. The van der Waals surface area contributed by atoms with Gasteiger partial charge in [0.1, 0.15) is 4.90 Å². The van der Waals surface area contributed by atoms with E-state index in [2.05, 4.69) is 29.9 Å². The Kier molecular flexibility index (Phi) is 4.16. The highest BCUT2D eigenvalue weighted by Gasteiger charge is 2.22. The first-order valence-corrected chi connectivity index (χ1v) is 8.02. The monoisotopic (exact) mass is 305 g/mol. The van der Waals surface area contributed by atoms with Crippen LogP contribution in [-0.4, -0.2) is 20.5 Å². The molecule has 2 aromatic rings. The van der Waals surface area contributed by atoms with Crippen LogP contribution in [0.15, 0.2) is 47.6 Å². The second-order valence-corrected chi connectivity index (χ2v) is 7.50. The average Bonchev–Trinajstić information content (AvgIpc) is 2.46. The zero-order valence-corrected chi connectivity index (χ0v) is 13.4. The van der Waals surface area contributed by atoms with Crippen molar-refractivity contribution in [1.29, 1.82) is 0 Å². The van der Waals surface area contributed by atoms with Gasteiger partial charge in [0.15, 0.2) is 0 Å². The lowest BCUT2D eigenvalue weighted by Crippen LogP contribution is -2.13. The zero-order valence-electron chi connectivity index (χ0n) is 12.6. The summed E-state index contributed by atoms with van der Waals surface area (Å²) in [5.74, 6) is 0. The summed E-state index contributed by atoms with van der Waals surface area (Å²) in [6.07, 6.45) is 3.28. The van der Waals surface area contributed by atoms with E-state index >= 15 is 0 Å². The van der Waals surface area contributed by atoms with Gasteiger partial charge >= 0.3 is 0 Å². The van der Waals surface area contributed by atoms with Crippen molar-refractivity contribution in [2.24, 2.45) is 0 Å². The molecule has 0 aliphatic rings. The summed E-state index contributed by atoms with van der Waals surface area (Å²) in [6.45, 7) is 6.26. The molecule has 0 atom stereocenters. The third kappa shape index (κ3) is 3.31. The standard InChI is InChI=1S/C16H19NO3S/c1-16(2,3)13-5-6-15(21(18,19)20-4)14(11-13)12-7-9-17-10-8-12/h5-11H,1-4H3. The van der Waals surface area contributed by atoms with E-state index in [-0.39, 0.29) is 10.3 Å². The van der Waals surface area contributed by atoms with Crippen LogP contribution in [0.4, 0.5) is 0 Å². The molecule has 0 aliphatic heterocycles. The van der Waals surface area contributed by atoms with Crippen LogP contribution in [0.5, 0.6) is 0 Å². The summed E-state index contributed by atoms with van der Waals surface area (Å²) < 4.78 is 28.9. The molecular formula is C16H19NO3S. The lowest BCUT2D eigenvalue weighted by Gasteiger charge is -2.21. The maximum atomic E-state index is 12.1. The Morgan fingerprint density at radius 3 is 2.19 bits per heavy atom. The van der Waals surface area contributed by atoms with E-state index in [1.165, 1.54) is 7.11 Å². The number of aromatic nitrogens is 1. The van der Waals surface area contributed by atoms with E-state index in [1.807, 2.05) is 12.1 Å². The highest BCUT2D eigenvalue weighted by atomic mass is 32.2. The van der Waals surface area contributed by atoms with Crippen LogP contribution in [0.1, 0.15) is 26.3 Å². The minimum absolute atomic E-state index is 0.0723. The summed E-state index contributed by atoms with van der Waals surface area (Å²) in [6, 6.07) is 8.92. The molecule has 0 spiro atoms. The van der Waals surface area contributed by atoms with Gasteiger partial charge in [-0.2, -0.15) is 8.42 Å². The summed E-state index contributed by atoms with van der Waals surface area (Å²) in [5.41, 5.74) is 2.42.